The monoisotopic (exact) mass is 466 g/mol. The molecule has 0 aromatic heterocycles. The Balaban J connectivity index is 1.55. The molecule has 0 bridgehead atoms. The van der Waals surface area contributed by atoms with Gasteiger partial charge in [-0.25, -0.2) is 4.79 Å². The number of carbonyl (C=O) groups excluding carboxylic acids is 2. The Morgan fingerprint density at radius 2 is 1.59 bits per heavy atom. The van der Waals surface area contributed by atoms with Crippen LogP contribution in [0.3, 0.4) is 0 Å². The van der Waals surface area contributed by atoms with Crippen molar-refractivity contribution in [3.8, 4) is 11.1 Å². The average Bonchev–Trinajstić information content (AvgIpc) is 3.11. The van der Waals surface area contributed by atoms with Gasteiger partial charge >= 0.3 is 12.1 Å². The fraction of sp³-hybridized carbons (Fsp3) is 0.444. The lowest BCUT2D eigenvalue weighted by molar-refractivity contribution is -0.143. The predicted molar refractivity (Wildman–Crippen MR) is 130 cm³/mol. The summed E-state index contributed by atoms with van der Waals surface area (Å²) in [4.78, 5) is 36.3. The zero-order valence-electron chi connectivity index (χ0n) is 20.0. The van der Waals surface area contributed by atoms with E-state index in [1.807, 2.05) is 45.0 Å². The summed E-state index contributed by atoms with van der Waals surface area (Å²) in [6.45, 7) is 5.87. The second-order valence-corrected chi connectivity index (χ2v) is 9.15. The van der Waals surface area contributed by atoms with Crippen LogP contribution in [-0.2, 0) is 14.3 Å². The number of carbonyl (C=O) groups is 3. The van der Waals surface area contributed by atoms with Gasteiger partial charge in [0.2, 0.25) is 5.91 Å². The summed E-state index contributed by atoms with van der Waals surface area (Å²) < 4.78 is 5.60. The lowest BCUT2D eigenvalue weighted by atomic mass is 9.96. The molecule has 2 atom stereocenters. The van der Waals surface area contributed by atoms with Crippen LogP contribution in [-0.4, -0.2) is 42.3 Å². The molecule has 0 fully saturated rings. The average molecular weight is 467 g/mol. The Labute approximate surface area is 200 Å². The summed E-state index contributed by atoms with van der Waals surface area (Å²) >= 11 is 0. The number of amides is 2. The van der Waals surface area contributed by atoms with Gasteiger partial charge in [-0.3, -0.25) is 9.59 Å². The minimum Gasteiger partial charge on any atom is -0.481 e. The molecule has 1 unspecified atom stereocenters. The second-order valence-electron chi connectivity index (χ2n) is 9.15. The van der Waals surface area contributed by atoms with Crippen LogP contribution in [0, 0.1) is 11.8 Å². The fourth-order valence-electron chi connectivity index (χ4n) is 4.51. The van der Waals surface area contributed by atoms with Crippen LogP contribution in [0.1, 0.15) is 57.1 Å². The van der Waals surface area contributed by atoms with Crippen molar-refractivity contribution in [2.24, 2.45) is 11.8 Å². The van der Waals surface area contributed by atoms with E-state index < -0.39 is 18.0 Å². The topological polar surface area (TPSA) is 105 Å². The Bertz CT molecular complexity index is 974. The third-order valence-corrected chi connectivity index (χ3v) is 6.38. The molecule has 1 aliphatic rings. The van der Waals surface area contributed by atoms with E-state index in [0.29, 0.717) is 6.42 Å². The summed E-state index contributed by atoms with van der Waals surface area (Å²) in [5.74, 6) is -2.00. The van der Waals surface area contributed by atoms with Gasteiger partial charge in [-0.1, -0.05) is 75.7 Å². The molecule has 182 valence electrons. The number of alkyl carbamates (subject to hydrolysis) is 1. The molecule has 1 aliphatic carbocycles. The van der Waals surface area contributed by atoms with Gasteiger partial charge in [-0.2, -0.15) is 0 Å². The molecule has 7 heteroatoms. The number of ether oxygens (including phenoxy) is 1. The maximum atomic E-state index is 12.6. The highest BCUT2D eigenvalue weighted by Crippen LogP contribution is 2.44. The molecule has 34 heavy (non-hydrogen) atoms. The first-order chi connectivity index (χ1) is 16.3. The highest BCUT2D eigenvalue weighted by Gasteiger charge is 2.29. The molecule has 2 aromatic carbocycles. The van der Waals surface area contributed by atoms with E-state index >= 15 is 0 Å². The lowest BCUT2D eigenvalue weighted by Crippen LogP contribution is -2.41. The minimum absolute atomic E-state index is 0.0324. The van der Waals surface area contributed by atoms with E-state index in [4.69, 9.17) is 4.74 Å². The molecule has 2 aromatic rings. The predicted octanol–water partition coefficient (Wildman–Crippen LogP) is 4.56. The van der Waals surface area contributed by atoms with Crippen LogP contribution in [0.15, 0.2) is 48.5 Å². The third kappa shape index (κ3) is 6.16. The van der Waals surface area contributed by atoms with Gasteiger partial charge in [-0.05, 0) is 34.6 Å². The number of rotatable bonds is 11. The maximum Gasteiger partial charge on any atom is 0.407 e. The van der Waals surface area contributed by atoms with Crippen LogP contribution < -0.4 is 10.6 Å². The standard InChI is InChI=1S/C27H34N2O5/c1-4-9-18(14-25(30)28-15-23(17(2)3)26(31)32)29-27(33)34-16-24-21-12-7-5-10-19(21)20-11-6-8-13-22(20)24/h5-8,10-13,17-18,23-24H,4,9,14-16H2,1-3H3,(H,28,30)(H,29,33)(H,31,32)/t18-,23?/m0/s1. The van der Waals surface area contributed by atoms with Crippen molar-refractivity contribution in [1.29, 1.82) is 0 Å². The molecular weight excluding hydrogens is 432 g/mol. The molecule has 7 nitrogen and oxygen atoms in total. The number of benzene rings is 2. The van der Waals surface area contributed by atoms with Crippen molar-refractivity contribution in [3.63, 3.8) is 0 Å². The van der Waals surface area contributed by atoms with Crippen LogP contribution in [0.2, 0.25) is 0 Å². The van der Waals surface area contributed by atoms with Gasteiger partial charge in [0.25, 0.3) is 0 Å². The van der Waals surface area contributed by atoms with Crippen LogP contribution in [0.25, 0.3) is 11.1 Å². The van der Waals surface area contributed by atoms with Gasteiger partial charge in [0.15, 0.2) is 0 Å². The van der Waals surface area contributed by atoms with Gasteiger partial charge in [0.1, 0.15) is 6.61 Å². The quantitative estimate of drug-likeness (QED) is 0.450. The SMILES string of the molecule is CCC[C@@H](CC(=O)NCC(C(=O)O)C(C)C)NC(=O)OCC1c2ccccc2-c2ccccc21. The van der Waals surface area contributed by atoms with E-state index in [1.54, 1.807) is 0 Å². The van der Waals surface area contributed by atoms with Crippen molar-refractivity contribution in [2.75, 3.05) is 13.2 Å². The molecule has 0 aliphatic heterocycles. The molecule has 3 N–H and O–H groups in total. The normalized spacial score (nSPS) is 14.1. The van der Waals surface area contributed by atoms with Gasteiger partial charge in [0.05, 0.1) is 5.92 Å². The van der Waals surface area contributed by atoms with Crippen molar-refractivity contribution in [3.05, 3.63) is 59.7 Å². The van der Waals surface area contributed by atoms with Crippen molar-refractivity contribution in [1.82, 2.24) is 10.6 Å². The molecule has 0 heterocycles. The highest BCUT2D eigenvalue weighted by atomic mass is 16.5. The molecule has 0 radical (unpaired) electrons. The third-order valence-electron chi connectivity index (χ3n) is 6.38. The zero-order valence-corrected chi connectivity index (χ0v) is 20.0. The van der Waals surface area contributed by atoms with Gasteiger partial charge in [0, 0.05) is 24.9 Å². The number of nitrogens with one attached hydrogen (secondary N) is 2. The van der Waals surface area contributed by atoms with E-state index in [1.165, 1.54) is 0 Å². The van der Waals surface area contributed by atoms with Crippen molar-refractivity contribution >= 4 is 18.0 Å². The zero-order chi connectivity index (χ0) is 24.7. The number of fused-ring (bicyclic) bond motifs is 3. The maximum absolute atomic E-state index is 12.6. The number of carboxylic acids is 1. The van der Waals surface area contributed by atoms with E-state index in [2.05, 4.69) is 34.9 Å². The van der Waals surface area contributed by atoms with Crippen LogP contribution in [0.5, 0.6) is 0 Å². The molecule has 0 saturated heterocycles. The molecule has 0 saturated carbocycles. The first-order valence-corrected chi connectivity index (χ1v) is 11.9. The number of hydrogen-bond donors (Lipinski definition) is 3. The number of hydrogen-bond acceptors (Lipinski definition) is 4. The largest absolute Gasteiger partial charge is 0.481 e. The Hall–Kier alpha value is -3.35. The van der Waals surface area contributed by atoms with Crippen LogP contribution >= 0.6 is 0 Å². The summed E-state index contributed by atoms with van der Waals surface area (Å²) in [5.41, 5.74) is 4.60. The summed E-state index contributed by atoms with van der Waals surface area (Å²) in [6.07, 6.45) is 0.913. The van der Waals surface area contributed by atoms with Crippen LogP contribution in [0.4, 0.5) is 4.79 Å². The lowest BCUT2D eigenvalue weighted by Gasteiger charge is -2.21. The van der Waals surface area contributed by atoms with E-state index in [9.17, 15) is 19.5 Å². The summed E-state index contributed by atoms with van der Waals surface area (Å²) in [7, 11) is 0. The van der Waals surface area contributed by atoms with Gasteiger partial charge < -0.3 is 20.5 Å². The smallest absolute Gasteiger partial charge is 0.407 e. The molecule has 3 rings (SSSR count). The Kier molecular flexibility index (Phi) is 8.68. The summed E-state index contributed by atoms with van der Waals surface area (Å²) in [5, 5.41) is 14.8. The number of aliphatic carboxylic acids is 1. The van der Waals surface area contributed by atoms with Crippen molar-refractivity contribution in [2.45, 2.75) is 52.0 Å². The molecule has 2 amide bonds. The van der Waals surface area contributed by atoms with E-state index in [0.717, 1.165) is 28.7 Å². The number of carboxylic acid groups (broad SMARTS) is 1. The summed E-state index contributed by atoms with van der Waals surface area (Å²) in [6, 6.07) is 15.9. The Morgan fingerprint density at radius 3 is 2.12 bits per heavy atom. The first-order valence-electron chi connectivity index (χ1n) is 11.9. The highest BCUT2D eigenvalue weighted by molar-refractivity contribution is 5.80. The van der Waals surface area contributed by atoms with Crippen molar-refractivity contribution < 1.29 is 24.2 Å². The second kappa shape index (κ2) is 11.7. The molecular formula is C27H34N2O5. The Morgan fingerprint density at radius 1 is 1.00 bits per heavy atom. The molecule has 0 spiro atoms. The van der Waals surface area contributed by atoms with E-state index in [-0.39, 0.29) is 43.4 Å². The fourth-order valence-corrected chi connectivity index (χ4v) is 4.51. The minimum atomic E-state index is -0.933. The van der Waals surface area contributed by atoms with Gasteiger partial charge in [-0.15, -0.1) is 0 Å². The first kappa shape index (κ1) is 25.3.